The number of carbonyl (C=O) groups is 1. The Labute approximate surface area is 124 Å². The number of halogens is 1. The van der Waals surface area contributed by atoms with E-state index in [2.05, 4.69) is 31.3 Å². The van der Waals surface area contributed by atoms with E-state index in [0.29, 0.717) is 17.0 Å². The van der Waals surface area contributed by atoms with Crippen molar-refractivity contribution >= 4 is 21.9 Å². The van der Waals surface area contributed by atoms with Crippen LogP contribution in [0.2, 0.25) is 0 Å². The average Bonchev–Trinajstić information content (AvgIpc) is 2.90. The number of H-pyrrole nitrogens is 1. The number of nitrogens with one attached hydrogen (secondary N) is 1. The first kappa shape index (κ1) is 14.5. The first-order chi connectivity index (χ1) is 9.58. The summed E-state index contributed by atoms with van der Waals surface area (Å²) in [6, 6.07) is 3.71. The van der Waals surface area contributed by atoms with Gasteiger partial charge in [0.15, 0.2) is 5.69 Å². The molecule has 1 heterocycles. The molecule has 1 N–H and O–H groups in total. The van der Waals surface area contributed by atoms with Crippen molar-refractivity contribution in [2.45, 2.75) is 13.8 Å². The molecule has 0 aliphatic heterocycles. The highest BCUT2D eigenvalue weighted by atomic mass is 79.9. The lowest BCUT2D eigenvalue weighted by molar-refractivity contribution is 0.0520. The minimum atomic E-state index is -0.519. The number of aromatic nitrogens is 3. The molecule has 1 aromatic carbocycles. The molecule has 0 saturated heterocycles. The molecule has 0 saturated carbocycles. The van der Waals surface area contributed by atoms with Gasteiger partial charge in [0.25, 0.3) is 0 Å². The molecule has 6 nitrogen and oxygen atoms in total. The summed E-state index contributed by atoms with van der Waals surface area (Å²) in [5.41, 5.74) is 2.23. The Morgan fingerprint density at radius 2 is 2.15 bits per heavy atom. The van der Waals surface area contributed by atoms with E-state index in [9.17, 15) is 4.79 Å². The molecule has 0 fully saturated rings. The molecule has 0 aliphatic carbocycles. The Morgan fingerprint density at radius 3 is 2.80 bits per heavy atom. The molecule has 7 heteroatoms. The van der Waals surface area contributed by atoms with E-state index in [0.717, 1.165) is 10.0 Å². The number of nitrogens with zero attached hydrogens (tertiary/aromatic N) is 2. The largest absolute Gasteiger partial charge is 0.496 e. The molecule has 0 bridgehead atoms. The number of aromatic amines is 1. The van der Waals surface area contributed by atoms with Crippen LogP contribution in [-0.2, 0) is 4.74 Å². The molecule has 2 aromatic rings. The summed E-state index contributed by atoms with van der Waals surface area (Å²) in [6.07, 6.45) is 0. The highest BCUT2D eigenvalue weighted by Gasteiger charge is 2.22. The fourth-order valence-corrected chi connectivity index (χ4v) is 2.11. The van der Waals surface area contributed by atoms with Gasteiger partial charge >= 0.3 is 5.97 Å². The van der Waals surface area contributed by atoms with E-state index in [4.69, 9.17) is 9.47 Å². The lowest BCUT2D eigenvalue weighted by Crippen LogP contribution is -2.07. The van der Waals surface area contributed by atoms with Gasteiger partial charge in [0, 0.05) is 10.0 Å². The maximum atomic E-state index is 11.9. The van der Waals surface area contributed by atoms with E-state index in [1.165, 1.54) is 0 Å². The first-order valence-electron chi connectivity index (χ1n) is 6.00. The van der Waals surface area contributed by atoms with Gasteiger partial charge in [-0.1, -0.05) is 15.9 Å². The van der Waals surface area contributed by atoms with Crippen molar-refractivity contribution in [2.75, 3.05) is 13.7 Å². The second-order valence-electron chi connectivity index (χ2n) is 4.04. The maximum Gasteiger partial charge on any atom is 0.361 e. The molecular weight excluding hydrogens is 326 g/mol. The number of esters is 1. The zero-order valence-electron chi connectivity index (χ0n) is 11.4. The summed E-state index contributed by atoms with van der Waals surface area (Å²) < 4.78 is 11.2. The maximum absolute atomic E-state index is 11.9. The van der Waals surface area contributed by atoms with Gasteiger partial charge in [0.05, 0.1) is 13.7 Å². The van der Waals surface area contributed by atoms with Crippen LogP contribution in [0, 0.1) is 6.92 Å². The van der Waals surface area contributed by atoms with Crippen LogP contribution >= 0.6 is 15.9 Å². The summed E-state index contributed by atoms with van der Waals surface area (Å²) >= 11 is 3.46. The number of methoxy groups -OCH3 is 1. The van der Waals surface area contributed by atoms with Crippen molar-refractivity contribution in [3.63, 3.8) is 0 Å². The third kappa shape index (κ3) is 2.67. The Morgan fingerprint density at radius 1 is 1.40 bits per heavy atom. The molecule has 0 aliphatic rings. The Bertz CT molecular complexity index is 640. The number of hydrogen-bond acceptors (Lipinski definition) is 5. The summed E-state index contributed by atoms with van der Waals surface area (Å²) in [5, 5.41) is 10.3. The van der Waals surface area contributed by atoms with E-state index < -0.39 is 5.97 Å². The number of carbonyl (C=O) groups excluding carboxylic acids is 1. The minimum absolute atomic E-state index is 0.140. The standard InChI is InChI=1S/C13H14BrN3O3/c1-4-20-13(18)12-11(15-17-16-12)8-6-9(14)7(2)5-10(8)19-3/h5-6H,4H2,1-3H3,(H,15,16,17). The van der Waals surface area contributed by atoms with E-state index >= 15 is 0 Å². The number of ether oxygens (including phenoxy) is 2. The number of hydrogen-bond donors (Lipinski definition) is 1. The topological polar surface area (TPSA) is 77.1 Å². The summed E-state index contributed by atoms with van der Waals surface area (Å²) in [5.74, 6) is 0.0974. The summed E-state index contributed by atoms with van der Waals surface area (Å²) in [4.78, 5) is 11.9. The predicted octanol–water partition coefficient (Wildman–Crippen LogP) is 2.73. The van der Waals surface area contributed by atoms with Crippen molar-refractivity contribution < 1.29 is 14.3 Å². The van der Waals surface area contributed by atoms with Crippen molar-refractivity contribution in [1.82, 2.24) is 15.4 Å². The molecule has 0 atom stereocenters. The lowest BCUT2D eigenvalue weighted by Gasteiger charge is -2.10. The molecule has 1 aromatic heterocycles. The monoisotopic (exact) mass is 339 g/mol. The molecular formula is C13H14BrN3O3. The minimum Gasteiger partial charge on any atom is -0.496 e. The van der Waals surface area contributed by atoms with Gasteiger partial charge in [-0.2, -0.15) is 10.3 Å². The fraction of sp³-hybridized carbons (Fsp3) is 0.308. The Hall–Kier alpha value is -1.89. The van der Waals surface area contributed by atoms with Crippen LogP contribution in [0.3, 0.4) is 0 Å². The zero-order chi connectivity index (χ0) is 14.7. The van der Waals surface area contributed by atoms with Gasteiger partial charge in [-0.3, -0.25) is 0 Å². The molecule has 2 rings (SSSR count). The van der Waals surface area contributed by atoms with Crippen molar-refractivity contribution in [2.24, 2.45) is 0 Å². The van der Waals surface area contributed by atoms with Crippen LogP contribution in [0.1, 0.15) is 23.0 Å². The second-order valence-corrected chi connectivity index (χ2v) is 4.90. The molecule has 0 amide bonds. The van der Waals surface area contributed by atoms with Gasteiger partial charge in [0.1, 0.15) is 11.4 Å². The molecule has 0 unspecified atom stereocenters. The van der Waals surface area contributed by atoms with Crippen LogP contribution in [-0.4, -0.2) is 35.1 Å². The Balaban J connectivity index is 2.55. The van der Waals surface area contributed by atoms with Crippen LogP contribution < -0.4 is 4.74 Å². The molecule has 106 valence electrons. The van der Waals surface area contributed by atoms with Crippen molar-refractivity contribution in [3.05, 3.63) is 27.9 Å². The highest BCUT2D eigenvalue weighted by Crippen LogP contribution is 2.35. The number of aryl methyl sites for hydroxylation is 1. The van der Waals surface area contributed by atoms with E-state index in [1.807, 2.05) is 19.1 Å². The van der Waals surface area contributed by atoms with Crippen LogP contribution in [0.4, 0.5) is 0 Å². The number of rotatable bonds is 4. The molecule has 20 heavy (non-hydrogen) atoms. The average molecular weight is 340 g/mol. The SMILES string of the molecule is CCOC(=O)c1n[nH]nc1-c1cc(Br)c(C)cc1OC. The number of benzene rings is 1. The molecule has 0 spiro atoms. The van der Waals surface area contributed by atoms with Crippen molar-refractivity contribution in [1.29, 1.82) is 0 Å². The van der Waals surface area contributed by atoms with Gasteiger partial charge in [-0.15, -0.1) is 5.10 Å². The van der Waals surface area contributed by atoms with Gasteiger partial charge in [-0.25, -0.2) is 4.79 Å². The first-order valence-corrected chi connectivity index (χ1v) is 6.80. The Kier molecular flexibility index (Phi) is 4.39. The van der Waals surface area contributed by atoms with E-state index in [1.54, 1.807) is 14.0 Å². The quantitative estimate of drug-likeness (QED) is 0.866. The van der Waals surface area contributed by atoms with Gasteiger partial charge in [0.2, 0.25) is 0 Å². The smallest absolute Gasteiger partial charge is 0.361 e. The summed E-state index contributed by atoms with van der Waals surface area (Å²) in [6.45, 7) is 3.96. The summed E-state index contributed by atoms with van der Waals surface area (Å²) in [7, 11) is 1.57. The van der Waals surface area contributed by atoms with Gasteiger partial charge < -0.3 is 9.47 Å². The molecule has 0 radical (unpaired) electrons. The lowest BCUT2D eigenvalue weighted by atomic mass is 10.1. The predicted molar refractivity (Wildman–Crippen MR) is 76.8 cm³/mol. The van der Waals surface area contributed by atoms with Gasteiger partial charge in [-0.05, 0) is 31.5 Å². The van der Waals surface area contributed by atoms with Crippen LogP contribution in [0.25, 0.3) is 11.3 Å². The highest BCUT2D eigenvalue weighted by molar-refractivity contribution is 9.10. The second kappa shape index (κ2) is 6.04. The van der Waals surface area contributed by atoms with Crippen molar-refractivity contribution in [3.8, 4) is 17.0 Å². The van der Waals surface area contributed by atoms with E-state index in [-0.39, 0.29) is 12.3 Å². The third-order valence-corrected chi connectivity index (χ3v) is 3.61. The van der Waals surface area contributed by atoms with Crippen LogP contribution in [0.5, 0.6) is 5.75 Å². The van der Waals surface area contributed by atoms with Crippen LogP contribution in [0.15, 0.2) is 16.6 Å². The normalized spacial score (nSPS) is 10.4. The third-order valence-electron chi connectivity index (χ3n) is 2.75. The fourth-order valence-electron chi connectivity index (χ4n) is 1.77. The zero-order valence-corrected chi connectivity index (χ0v) is 12.9.